The zero-order valence-electron chi connectivity index (χ0n) is 14.9. The Hall–Kier alpha value is -4.34. The number of ether oxygens (including phenoxy) is 2. The van der Waals surface area contributed by atoms with Crippen molar-refractivity contribution in [3.8, 4) is 0 Å². The first-order valence-corrected chi connectivity index (χ1v) is 8.52. The molecule has 0 saturated carbocycles. The van der Waals surface area contributed by atoms with E-state index in [0.717, 1.165) is 24.3 Å². The average molecular weight is 410 g/mol. The number of hydrogen-bond acceptors (Lipinski definition) is 8. The number of carbonyl (C=O) groups excluding carboxylic acids is 4. The highest BCUT2D eigenvalue weighted by Crippen LogP contribution is 2.31. The number of carboxylic acid groups (broad SMARTS) is 2. The van der Waals surface area contributed by atoms with Crippen molar-refractivity contribution in [3.05, 3.63) is 68.8 Å². The molecular weight excluding hydrogens is 400 g/mol. The van der Waals surface area contributed by atoms with Gasteiger partial charge in [-0.15, -0.1) is 0 Å². The Morgan fingerprint density at radius 1 is 0.633 bits per heavy atom. The second-order valence-electron chi connectivity index (χ2n) is 6.49. The Morgan fingerprint density at radius 2 is 1.00 bits per heavy atom. The highest BCUT2D eigenvalue weighted by Gasteiger charge is 2.37. The largest absolute Gasteiger partial charge is 0.478 e. The van der Waals surface area contributed by atoms with Crippen LogP contribution in [0.1, 0.15) is 73.3 Å². The van der Waals surface area contributed by atoms with Crippen LogP contribution in [0.15, 0.2) is 24.3 Å². The van der Waals surface area contributed by atoms with Gasteiger partial charge in [0.2, 0.25) is 0 Å². The lowest BCUT2D eigenvalue weighted by Gasteiger charge is -2.12. The molecule has 10 heteroatoms. The summed E-state index contributed by atoms with van der Waals surface area (Å²) in [5.41, 5.74) is -1.28. The predicted octanol–water partition coefficient (Wildman–Crippen LogP) is 1.49. The molecule has 150 valence electrons. The summed E-state index contributed by atoms with van der Waals surface area (Å²) in [5.74, 6) is -6.61. The van der Waals surface area contributed by atoms with Gasteiger partial charge in [0, 0.05) is 0 Å². The first-order valence-electron chi connectivity index (χ1n) is 8.52. The highest BCUT2D eigenvalue weighted by atomic mass is 16.6. The molecule has 2 aliphatic heterocycles. The summed E-state index contributed by atoms with van der Waals surface area (Å²) < 4.78 is 9.09. The van der Waals surface area contributed by atoms with E-state index in [1.165, 1.54) is 0 Å². The Labute approximate surface area is 166 Å². The van der Waals surface area contributed by atoms with Gasteiger partial charge in [-0.1, -0.05) is 0 Å². The molecule has 4 rings (SSSR count). The molecule has 0 atom stereocenters. The van der Waals surface area contributed by atoms with Crippen molar-refractivity contribution in [2.24, 2.45) is 0 Å². The molecule has 2 N–H and O–H groups in total. The van der Waals surface area contributed by atoms with Gasteiger partial charge in [-0.05, 0) is 48.2 Å². The molecule has 0 saturated heterocycles. The lowest BCUT2D eigenvalue weighted by Crippen LogP contribution is -2.14. The van der Waals surface area contributed by atoms with Crippen LogP contribution in [-0.4, -0.2) is 46.0 Å². The standard InChI is InChI=1S/C20H10O10/c21-15(22)9-3-5-11-13(19(27)29-17(11)25)7(9)1-2-8-10(16(23)24)4-6-12-14(8)20(28)30-18(12)26/h3-6H,1-2H2,(H,21,22)(H,23,24). The Kier molecular flexibility index (Phi) is 4.19. The van der Waals surface area contributed by atoms with Gasteiger partial charge in [-0.25, -0.2) is 28.8 Å². The van der Waals surface area contributed by atoms with Crippen LogP contribution < -0.4 is 0 Å². The van der Waals surface area contributed by atoms with Crippen molar-refractivity contribution >= 4 is 35.8 Å². The van der Waals surface area contributed by atoms with Gasteiger partial charge in [0.05, 0.1) is 33.4 Å². The maximum Gasteiger partial charge on any atom is 0.347 e. The first kappa shape index (κ1) is 19.0. The lowest BCUT2D eigenvalue weighted by molar-refractivity contribution is 0.0425. The number of rotatable bonds is 5. The fraction of sp³-hybridized carbons (Fsp3) is 0.100. The SMILES string of the molecule is O=C(O)c1ccc2c(c1CCc1c(C(=O)O)ccc3c1C(=O)OC3=O)C(=O)OC2=O. The fourth-order valence-corrected chi connectivity index (χ4v) is 3.65. The maximum absolute atomic E-state index is 12.1. The molecule has 2 aromatic carbocycles. The van der Waals surface area contributed by atoms with Crippen molar-refractivity contribution in [2.75, 3.05) is 0 Å². The van der Waals surface area contributed by atoms with E-state index >= 15 is 0 Å². The molecule has 0 aliphatic carbocycles. The normalized spacial score (nSPS) is 14.3. The van der Waals surface area contributed by atoms with Crippen molar-refractivity contribution in [3.63, 3.8) is 0 Å². The van der Waals surface area contributed by atoms with Crippen LogP contribution in [0, 0.1) is 0 Å². The van der Waals surface area contributed by atoms with Crippen LogP contribution in [0.4, 0.5) is 0 Å². The van der Waals surface area contributed by atoms with Crippen molar-refractivity contribution in [1.29, 1.82) is 0 Å². The van der Waals surface area contributed by atoms with E-state index in [1.807, 2.05) is 0 Å². The zero-order valence-corrected chi connectivity index (χ0v) is 14.9. The summed E-state index contributed by atoms with van der Waals surface area (Å²) in [6.07, 6.45) is -0.434. The molecule has 0 unspecified atom stereocenters. The van der Waals surface area contributed by atoms with E-state index in [9.17, 15) is 39.0 Å². The van der Waals surface area contributed by atoms with Gasteiger partial charge in [0.25, 0.3) is 0 Å². The Bertz CT molecular complexity index is 1130. The third kappa shape index (κ3) is 2.73. The van der Waals surface area contributed by atoms with E-state index in [1.54, 1.807) is 0 Å². The molecule has 10 nitrogen and oxygen atoms in total. The van der Waals surface area contributed by atoms with Gasteiger partial charge in [-0.3, -0.25) is 0 Å². The van der Waals surface area contributed by atoms with Gasteiger partial charge < -0.3 is 19.7 Å². The smallest absolute Gasteiger partial charge is 0.347 e. The summed E-state index contributed by atoms with van der Waals surface area (Å²) in [6, 6.07) is 4.60. The topological polar surface area (TPSA) is 161 Å². The van der Waals surface area contributed by atoms with Crippen LogP contribution in [0.2, 0.25) is 0 Å². The van der Waals surface area contributed by atoms with Crippen LogP contribution >= 0.6 is 0 Å². The number of hydrogen-bond donors (Lipinski definition) is 2. The summed E-state index contributed by atoms with van der Waals surface area (Å²) in [4.78, 5) is 71.0. The molecule has 2 heterocycles. The van der Waals surface area contributed by atoms with E-state index in [4.69, 9.17) is 0 Å². The molecule has 0 aromatic heterocycles. The third-order valence-electron chi connectivity index (χ3n) is 4.93. The third-order valence-corrected chi connectivity index (χ3v) is 4.93. The minimum absolute atomic E-state index is 0.0394. The monoisotopic (exact) mass is 410 g/mol. The Balaban J connectivity index is 1.84. The minimum Gasteiger partial charge on any atom is -0.478 e. The lowest BCUT2D eigenvalue weighted by atomic mass is 9.88. The molecule has 0 radical (unpaired) electrons. The molecule has 0 fully saturated rings. The quantitative estimate of drug-likeness (QED) is 0.545. The average Bonchev–Trinajstić information content (AvgIpc) is 3.14. The van der Waals surface area contributed by atoms with E-state index in [0.29, 0.717) is 0 Å². The van der Waals surface area contributed by atoms with Gasteiger partial charge in [0.1, 0.15) is 0 Å². The van der Waals surface area contributed by atoms with Crippen molar-refractivity contribution in [2.45, 2.75) is 12.8 Å². The van der Waals surface area contributed by atoms with E-state index in [2.05, 4.69) is 9.47 Å². The predicted molar refractivity (Wildman–Crippen MR) is 93.7 cm³/mol. The van der Waals surface area contributed by atoms with Crippen molar-refractivity contribution < 1.29 is 48.5 Å². The molecule has 0 bridgehead atoms. The van der Waals surface area contributed by atoms with Gasteiger partial charge in [0.15, 0.2) is 0 Å². The number of benzene rings is 2. The second kappa shape index (κ2) is 6.62. The van der Waals surface area contributed by atoms with Crippen LogP contribution in [-0.2, 0) is 22.3 Å². The minimum atomic E-state index is -1.37. The summed E-state index contributed by atoms with van der Waals surface area (Å²) in [6.45, 7) is 0. The Morgan fingerprint density at radius 3 is 1.33 bits per heavy atom. The zero-order chi connectivity index (χ0) is 21.7. The van der Waals surface area contributed by atoms with Gasteiger partial charge >= 0.3 is 35.8 Å². The summed E-state index contributed by atoms with van der Waals surface area (Å²) in [5, 5.41) is 18.9. The molecule has 2 aliphatic rings. The summed E-state index contributed by atoms with van der Waals surface area (Å²) >= 11 is 0. The second-order valence-corrected chi connectivity index (χ2v) is 6.49. The van der Waals surface area contributed by atoms with Gasteiger partial charge in [-0.2, -0.15) is 0 Å². The molecule has 2 aromatic rings. The highest BCUT2D eigenvalue weighted by molar-refractivity contribution is 6.17. The molecule has 30 heavy (non-hydrogen) atoms. The number of esters is 4. The van der Waals surface area contributed by atoms with E-state index < -0.39 is 35.8 Å². The first-order chi connectivity index (χ1) is 14.2. The number of carbonyl (C=O) groups is 6. The number of aromatic carboxylic acids is 2. The van der Waals surface area contributed by atoms with Crippen LogP contribution in [0.25, 0.3) is 0 Å². The molecule has 0 amide bonds. The molecular formula is C20H10O10. The number of cyclic esters (lactones) is 4. The maximum atomic E-state index is 12.1. The number of fused-ring (bicyclic) bond motifs is 2. The van der Waals surface area contributed by atoms with Crippen molar-refractivity contribution in [1.82, 2.24) is 0 Å². The molecule has 0 spiro atoms. The van der Waals surface area contributed by atoms with E-state index in [-0.39, 0.29) is 57.3 Å². The van der Waals surface area contributed by atoms with Crippen LogP contribution in [0.3, 0.4) is 0 Å². The van der Waals surface area contributed by atoms with Crippen LogP contribution in [0.5, 0.6) is 0 Å². The number of carboxylic acids is 2. The summed E-state index contributed by atoms with van der Waals surface area (Å²) in [7, 11) is 0. The fourth-order valence-electron chi connectivity index (χ4n) is 3.65.